The molecule has 1 unspecified atom stereocenters. The van der Waals surface area contributed by atoms with Crippen LogP contribution in [-0.4, -0.2) is 60.1 Å². The maximum absolute atomic E-state index is 13.1. The minimum absolute atomic E-state index is 0.313. The van der Waals surface area contributed by atoms with E-state index in [1.54, 1.807) is 35.1 Å². The number of fused-ring (bicyclic) bond motifs is 1. The number of aromatic nitrogens is 1. The molecule has 3 heterocycles. The molecule has 7 nitrogen and oxygen atoms in total. The highest BCUT2D eigenvalue weighted by molar-refractivity contribution is 6.16. The molecule has 2 aliphatic heterocycles. The zero-order valence-corrected chi connectivity index (χ0v) is 14.2. The van der Waals surface area contributed by atoms with Crippen LogP contribution in [0.2, 0.25) is 0 Å². The van der Waals surface area contributed by atoms with Crippen molar-refractivity contribution in [2.75, 3.05) is 37.7 Å². The molecule has 2 aliphatic rings. The third-order valence-electron chi connectivity index (χ3n) is 4.42. The van der Waals surface area contributed by atoms with E-state index in [4.69, 9.17) is 9.47 Å². The number of anilines is 1. The van der Waals surface area contributed by atoms with Gasteiger partial charge in [-0.15, -0.1) is 0 Å². The van der Waals surface area contributed by atoms with Crippen LogP contribution < -0.4 is 9.64 Å². The number of carbonyl (C=O) groups is 2. The summed E-state index contributed by atoms with van der Waals surface area (Å²) < 4.78 is 11.2. The molecule has 1 saturated heterocycles. The number of hydrogen-bond donors (Lipinski definition) is 0. The Balaban J connectivity index is 1.93. The number of ether oxygens (including phenoxy) is 2. The minimum Gasteiger partial charge on any atom is -0.464 e. The molecule has 1 atom stereocenters. The van der Waals surface area contributed by atoms with Crippen molar-refractivity contribution in [3.05, 3.63) is 18.3 Å². The first-order valence-corrected chi connectivity index (χ1v) is 8.41. The molecule has 1 aromatic heterocycles. The molecule has 3 rings (SSSR count). The van der Waals surface area contributed by atoms with Crippen LogP contribution in [0.25, 0.3) is 0 Å². The highest BCUT2D eigenvalue weighted by atomic mass is 16.5. The number of unbranched alkanes of at least 4 members (excludes halogenated alkanes) is 1. The fourth-order valence-electron chi connectivity index (χ4n) is 3.01. The normalized spacial score (nSPS) is 23.7. The second-order valence-electron chi connectivity index (χ2n) is 6.18. The maximum Gasteiger partial charge on any atom is 0.282 e. The lowest BCUT2D eigenvalue weighted by Gasteiger charge is -2.41. The lowest BCUT2D eigenvalue weighted by molar-refractivity contribution is -0.158. The van der Waals surface area contributed by atoms with E-state index in [9.17, 15) is 9.59 Å². The number of hydrogen-bond acceptors (Lipinski definition) is 5. The number of nitrogens with zero attached hydrogens (tertiary/aromatic N) is 3. The predicted molar refractivity (Wildman–Crippen MR) is 87.9 cm³/mol. The second kappa shape index (κ2) is 6.76. The summed E-state index contributed by atoms with van der Waals surface area (Å²) in [6.45, 7) is 6.04. The fourth-order valence-corrected chi connectivity index (χ4v) is 3.01. The highest BCUT2D eigenvalue weighted by Crippen LogP contribution is 2.37. The third kappa shape index (κ3) is 2.84. The van der Waals surface area contributed by atoms with Crippen LogP contribution in [-0.2, 0) is 14.3 Å². The first-order valence-electron chi connectivity index (χ1n) is 8.41. The largest absolute Gasteiger partial charge is 0.464 e. The molecule has 0 aliphatic carbocycles. The fraction of sp³-hybridized carbons (Fsp3) is 0.588. The number of rotatable bonds is 4. The van der Waals surface area contributed by atoms with Crippen molar-refractivity contribution in [3.8, 4) is 5.75 Å². The molecule has 0 saturated carbocycles. The zero-order valence-electron chi connectivity index (χ0n) is 14.2. The summed E-state index contributed by atoms with van der Waals surface area (Å²) in [5.41, 5.74) is -1.55. The standard InChI is InChI=1S/C17H23N3O4/c1-3-4-8-20-14-13(6-5-7-18-14)24-17(2,16(20)22)15(21)19-9-11-23-12-10-19/h5-7H,3-4,8-12H2,1-2H3. The van der Waals surface area contributed by atoms with Crippen LogP contribution in [0.15, 0.2) is 18.3 Å². The van der Waals surface area contributed by atoms with Gasteiger partial charge in [0.25, 0.3) is 17.4 Å². The summed E-state index contributed by atoms with van der Waals surface area (Å²) in [5, 5.41) is 0. The Morgan fingerprint density at radius 2 is 2.12 bits per heavy atom. The Labute approximate surface area is 141 Å². The monoisotopic (exact) mass is 333 g/mol. The van der Waals surface area contributed by atoms with Crippen molar-refractivity contribution < 1.29 is 19.1 Å². The van der Waals surface area contributed by atoms with Gasteiger partial charge in [0.15, 0.2) is 11.6 Å². The Morgan fingerprint density at radius 3 is 2.83 bits per heavy atom. The van der Waals surface area contributed by atoms with E-state index in [0.717, 1.165) is 12.8 Å². The molecule has 2 amide bonds. The Kier molecular flexibility index (Phi) is 4.71. The van der Waals surface area contributed by atoms with Crippen molar-refractivity contribution in [3.63, 3.8) is 0 Å². The molecule has 0 radical (unpaired) electrons. The smallest absolute Gasteiger partial charge is 0.282 e. The molecular weight excluding hydrogens is 310 g/mol. The highest BCUT2D eigenvalue weighted by Gasteiger charge is 2.52. The molecule has 7 heteroatoms. The summed E-state index contributed by atoms with van der Waals surface area (Å²) >= 11 is 0. The van der Waals surface area contributed by atoms with Crippen molar-refractivity contribution in [1.29, 1.82) is 0 Å². The number of morpholine rings is 1. The van der Waals surface area contributed by atoms with Crippen LogP contribution in [0.3, 0.4) is 0 Å². The van der Waals surface area contributed by atoms with Gasteiger partial charge in [0.2, 0.25) is 0 Å². The van der Waals surface area contributed by atoms with Gasteiger partial charge in [-0.3, -0.25) is 14.5 Å². The van der Waals surface area contributed by atoms with Gasteiger partial charge < -0.3 is 14.4 Å². The number of carbonyl (C=O) groups excluding carboxylic acids is 2. The lowest BCUT2D eigenvalue weighted by atomic mass is 9.99. The summed E-state index contributed by atoms with van der Waals surface area (Å²) in [6.07, 6.45) is 3.41. The zero-order chi connectivity index (χ0) is 17.2. The van der Waals surface area contributed by atoms with E-state index in [0.29, 0.717) is 44.4 Å². The third-order valence-corrected chi connectivity index (χ3v) is 4.42. The molecule has 1 fully saturated rings. The predicted octanol–water partition coefficient (Wildman–Crippen LogP) is 1.22. The molecule has 0 bridgehead atoms. The van der Waals surface area contributed by atoms with Crippen LogP contribution >= 0.6 is 0 Å². The van der Waals surface area contributed by atoms with Gasteiger partial charge in [-0.25, -0.2) is 4.98 Å². The van der Waals surface area contributed by atoms with Crippen LogP contribution in [0, 0.1) is 0 Å². The van der Waals surface area contributed by atoms with Gasteiger partial charge in [0.05, 0.1) is 13.2 Å². The summed E-state index contributed by atoms with van der Waals surface area (Å²) in [6, 6.07) is 3.49. The van der Waals surface area contributed by atoms with Gasteiger partial charge in [-0.1, -0.05) is 13.3 Å². The van der Waals surface area contributed by atoms with E-state index in [1.807, 2.05) is 0 Å². The maximum atomic E-state index is 13.1. The van der Waals surface area contributed by atoms with E-state index in [-0.39, 0.29) is 11.8 Å². The van der Waals surface area contributed by atoms with Gasteiger partial charge in [0.1, 0.15) is 0 Å². The SMILES string of the molecule is CCCCN1C(=O)C(C)(C(=O)N2CCOCC2)Oc2cccnc21. The van der Waals surface area contributed by atoms with Crippen LogP contribution in [0.1, 0.15) is 26.7 Å². The summed E-state index contributed by atoms with van der Waals surface area (Å²) in [5.74, 6) is 0.297. The molecule has 1 aromatic rings. The van der Waals surface area contributed by atoms with Crippen molar-refractivity contribution in [2.45, 2.75) is 32.3 Å². The molecule has 0 spiro atoms. The molecule has 130 valence electrons. The van der Waals surface area contributed by atoms with Gasteiger partial charge in [-0.2, -0.15) is 0 Å². The minimum atomic E-state index is -1.55. The summed E-state index contributed by atoms with van der Waals surface area (Å²) in [7, 11) is 0. The molecular formula is C17H23N3O4. The van der Waals surface area contributed by atoms with Crippen molar-refractivity contribution in [1.82, 2.24) is 9.88 Å². The van der Waals surface area contributed by atoms with Crippen molar-refractivity contribution in [2.24, 2.45) is 0 Å². The van der Waals surface area contributed by atoms with Gasteiger partial charge in [0, 0.05) is 25.8 Å². The summed E-state index contributed by atoms with van der Waals surface area (Å²) in [4.78, 5) is 33.6. The molecule has 0 N–H and O–H groups in total. The van der Waals surface area contributed by atoms with Gasteiger partial charge >= 0.3 is 0 Å². The van der Waals surface area contributed by atoms with E-state index >= 15 is 0 Å². The van der Waals surface area contributed by atoms with Crippen LogP contribution in [0.4, 0.5) is 5.82 Å². The first kappa shape index (κ1) is 16.7. The number of pyridine rings is 1. The molecule has 0 aromatic carbocycles. The Morgan fingerprint density at radius 1 is 1.38 bits per heavy atom. The van der Waals surface area contributed by atoms with Crippen molar-refractivity contribution >= 4 is 17.6 Å². The quantitative estimate of drug-likeness (QED) is 0.775. The van der Waals surface area contributed by atoms with Crippen LogP contribution in [0.5, 0.6) is 5.75 Å². The second-order valence-corrected chi connectivity index (χ2v) is 6.18. The number of amides is 2. The van der Waals surface area contributed by atoms with E-state index < -0.39 is 5.60 Å². The first-order chi connectivity index (χ1) is 11.6. The average molecular weight is 333 g/mol. The van der Waals surface area contributed by atoms with E-state index in [2.05, 4.69) is 11.9 Å². The topological polar surface area (TPSA) is 72.0 Å². The lowest BCUT2D eigenvalue weighted by Crippen LogP contribution is -2.64. The Hall–Kier alpha value is -2.15. The molecule has 24 heavy (non-hydrogen) atoms. The average Bonchev–Trinajstić information content (AvgIpc) is 2.62. The van der Waals surface area contributed by atoms with E-state index in [1.165, 1.54) is 0 Å². The Bertz CT molecular complexity index is 630. The van der Waals surface area contributed by atoms with Gasteiger partial charge in [-0.05, 0) is 25.5 Å².